The van der Waals surface area contributed by atoms with Crippen molar-refractivity contribution in [2.75, 3.05) is 0 Å². The van der Waals surface area contributed by atoms with Crippen molar-refractivity contribution >= 4 is 45.3 Å². The SMILES string of the molecule is Cc1nc(SC(C)C(=O)NC(N)=O)c2c(C)c(C)sc2n1. The van der Waals surface area contributed by atoms with Gasteiger partial charge in [-0.2, -0.15) is 0 Å². The predicted octanol–water partition coefficient (Wildman–Crippen LogP) is 2.29. The van der Waals surface area contributed by atoms with Crippen molar-refractivity contribution in [3.8, 4) is 0 Å². The van der Waals surface area contributed by atoms with Gasteiger partial charge in [0.2, 0.25) is 5.91 Å². The summed E-state index contributed by atoms with van der Waals surface area (Å²) in [6.07, 6.45) is 0. The third-order valence-corrected chi connectivity index (χ3v) is 5.20. The number of carbonyl (C=O) groups is 2. The van der Waals surface area contributed by atoms with Crippen LogP contribution in [0.25, 0.3) is 10.2 Å². The standard InChI is InChI=1S/C13H16N4O2S2/c1-5-6(2)20-11-9(5)12(16-8(4)15-11)21-7(3)10(18)17-13(14)19/h7H,1-4H3,(H3,14,17,18,19). The first-order valence-corrected chi connectivity index (χ1v) is 8.00. The molecule has 112 valence electrons. The molecule has 0 aliphatic rings. The zero-order valence-electron chi connectivity index (χ0n) is 12.2. The highest BCUT2D eigenvalue weighted by Crippen LogP contribution is 2.36. The van der Waals surface area contributed by atoms with Crippen molar-refractivity contribution in [2.45, 2.75) is 38.0 Å². The first-order valence-electron chi connectivity index (χ1n) is 6.31. The fraction of sp³-hybridized carbons (Fsp3) is 0.385. The summed E-state index contributed by atoms with van der Waals surface area (Å²) in [6, 6.07) is -0.848. The molecule has 3 amide bonds. The van der Waals surface area contributed by atoms with Crippen LogP contribution in [0.5, 0.6) is 0 Å². The number of amides is 3. The lowest BCUT2D eigenvalue weighted by Crippen LogP contribution is -2.39. The Hall–Kier alpha value is -1.67. The molecular weight excluding hydrogens is 308 g/mol. The molecule has 0 fully saturated rings. The van der Waals surface area contributed by atoms with Gasteiger partial charge in [-0.15, -0.1) is 11.3 Å². The number of thiophene rings is 1. The van der Waals surface area contributed by atoms with Gasteiger partial charge in [-0.3, -0.25) is 10.1 Å². The van der Waals surface area contributed by atoms with E-state index in [1.807, 2.05) is 20.8 Å². The summed E-state index contributed by atoms with van der Waals surface area (Å²) in [6.45, 7) is 7.59. The predicted molar refractivity (Wildman–Crippen MR) is 84.7 cm³/mol. The second-order valence-corrected chi connectivity index (χ2v) is 7.19. The number of nitrogens with one attached hydrogen (secondary N) is 1. The van der Waals surface area contributed by atoms with E-state index in [1.54, 1.807) is 18.3 Å². The number of fused-ring (bicyclic) bond motifs is 1. The van der Waals surface area contributed by atoms with Crippen LogP contribution in [-0.2, 0) is 4.79 Å². The summed E-state index contributed by atoms with van der Waals surface area (Å²) < 4.78 is 0. The molecule has 2 rings (SSSR count). The van der Waals surface area contributed by atoms with Gasteiger partial charge in [0.1, 0.15) is 15.7 Å². The lowest BCUT2D eigenvalue weighted by molar-refractivity contribution is -0.119. The Morgan fingerprint density at radius 3 is 2.57 bits per heavy atom. The van der Waals surface area contributed by atoms with Gasteiger partial charge in [-0.25, -0.2) is 14.8 Å². The number of aromatic nitrogens is 2. The molecule has 8 heteroatoms. The number of rotatable bonds is 3. The molecule has 1 unspecified atom stereocenters. The van der Waals surface area contributed by atoms with E-state index >= 15 is 0 Å². The Balaban J connectivity index is 2.37. The summed E-state index contributed by atoms with van der Waals surface area (Å²) in [5.41, 5.74) is 6.09. The summed E-state index contributed by atoms with van der Waals surface area (Å²) in [4.78, 5) is 33.5. The van der Waals surface area contributed by atoms with Gasteiger partial charge in [0.25, 0.3) is 0 Å². The van der Waals surface area contributed by atoms with Gasteiger partial charge < -0.3 is 5.73 Å². The minimum atomic E-state index is -0.848. The third-order valence-electron chi connectivity index (χ3n) is 3.01. The molecule has 0 aromatic carbocycles. The summed E-state index contributed by atoms with van der Waals surface area (Å²) >= 11 is 2.91. The Morgan fingerprint density at radius 1 is 1.29 bits per heavy atom. The first kappa shape index (κ1) is 15.7. The minimum Gasteiger partial charge on any atom is -0.351 e. The summed E-state index contributed by atoms with van der Waals surface area (Å²) in [5, 5.41) is 3.34. The van der Waals surface area contributed by atoms with Gasteiger partial charge in [-0.1, -0.05) is 11.8 Å². The topological polar surface area (TPSA) is 98.0 Å². The number of hydrogen-bond acceptors (Lipinski definition) is 6. The van der Waals surface area contributed by atoms with Gasteiger partial charge in [-0.05, 0) is 33.3 Å². The quantitative estimate of drug-likeness (QED) is 0.667. The Labute approximate surface area is 130 Å². The number of nitrogens with zero attached hydrogens (tertiary/aromatic N) is 2. The Kier molecular flexibility index (Phi) is 4.48. The van der Waals surface area contributed by atoms with Crippen LogP contribution in [0.15, 0.2) is 5.03 Å². The van der Waals surface area contributed by atoms with E-state index in [4.69, 9.17) is 5.73 Å². The highest BCUT2D eigenvalue weighted by Gasteiger charge is 2.20. The number of urea groups is 1. The molecule has 6 nitrogen and oxygen atoms in total. The van der Waals surface area contributed by atoms with Gasteiger partial charge in [0, 0.05) is 10.3 Å². The monoisotopic (exact) mass is 324 g/mol. The average molecular weight is 324 g/mol. The fourth-order valence-electron chi connectivity index (χ4n) is 1.84. The average Bonchev–Trinajstić information content (AvgIpc) is 2.63. The fourth-order valence-corrected chi connectivity index (χ4v) is 4.04. The molecule has 2 aromatic rings. The van der Waals surface area contributed by atoms with Crippen molar-refractivity contribution in [1.82, 2.24) is 15.3 Å². The van der Waals surface area contributed by atoms with E-state index in [9.17, 15) is 9.59 Å². The number of carbonyl (C=O) groups excluding carboxylic acids is 2. The van der Waals surface area contributed by atoms with Gasteiger partial charge in [0.05, 0.1) is 5.25 Å². The van der Waals surface area contributed by atoms with Crippen LogP contribution in [0.3, 0.4) is 0 Å². The Bertz CT molecular complexity index is 727. The van der Waals surface area contributed by atoms with E-state index in [0.29, 0.717) is 5.82 Å². The smallest absolute Gasteiger partial charge is 0.318 e. The van der Waals surface area contributed by atoms with Crippen molar-refractivity contribution in [3.63, 3.8) is 0 Å². The minimum absolute atomic E-state index is 0.429. The molecule has 0 radical (unpaired) electrons. The maximum Gasteiger partial charge on any atom is 0.318 e. The molecule has 21 heavy (non-hydrogen) atoms. The lowest BCUT2D eigenvalue weighted by Gasteiger charge is -2.11. The number of thioether (sulfide) groups is 1. The first-order chi connectivity index (χ1) is 9.79. The van der Waals surface area contributed by atoms with E-state index in [2.05, 4.69) is 15.3 Å². The largest absolute Gasteiger partial charge is 0.351 e. The molecular formula is C13H16N4O2S2. The Morgan fingerprint density at radius 2 is 1.95 bits per heavy atom. The molecule has 0 aliphatic carbocycles. The lowest BCUT2D eigenvalue weighted by atomic mass is 10.2. The van der Waals surface area contributed by atoms with Crippen molar-refractivity contribution < 1.29 is 9.59 Å². The normalized spacial score (nSPS) is 12.4. The maximum absolute atomic E-state index is 11.8. The highest BCUT2D eigenvalue weighted by molar-refractivity contribution is 8.00. The number of primary amides is 1. The van der Waals surface area contributed by atoms with Gasteiger partial charge in [0.15, 0.2) is 0 Å². The van der Waals surface area contributed by atoms with E-state index < -0.39 is 17.2 Å². The van der Waals surface area contributed by atoms with Crippen LogP contribution in [0.2, 0.25) is 0 Å². The van der Waals surface area contributed by atoms with Gasteiger partial charge >= 0.3 is 6.03 Å². The molecule has 2 heterocycles. The van der Waals surface area contributed by atoms with E-state index in [-0.39, 0.29) is 0 Å². The maximum atomic E-state index is 11.8. The second-order valence-electron chi connectivity index (χ2n) is 4.65. The van der Waals surface area contributed by atoms with Crippen LogP contribution >= 0.6 is 23.1 Å². The molecule has 2 aromatic heterocycles. The van der Waals surface area contributed by atoms with Crippen LogP contribution in [0, 0.1) is 20.8 Å². The van der Waals surface area contributed by atoms with Crippen LogP contribution in [0.4, 0.5) is 4.79 Å². The number of nitrogens with two attached hydrogens (primary N) is 1. The molecule has 0 aliphatic heterocycles. The zero-order chi connectivity index (χ0) is 15.7. The molecule has 0 saturated heterocycles. The van der Waals surface area contributed by atoms with E-state index in [0.717, 1.165) is 20.8 Å². The molecule has 0 spiro atoms. The van der Waals surface area contributed by atoms with Crippen LogP contribution in [-0.4, -0.2) is 27.2 Å². The second kappa shape index (κ2) is 5.98. The van der Waals surface area contributed by atoms with Crippen LogP contribution < -0.4 is 11.1 Å². The molecule has 1 atom stereocenters. The summed E-state index contributed by atoms with van der Waals surface area (Å²) in [7, 11) is 0. The molecule has 3 N–H and O–H groups in total. The highest BCUT2D eigenvalue weighted by atomic mass is 32.2. The van der Waals surface area contributed by atoms with Crippen molar-refractivity contribution in [2.24, 2.45) is 5.73 Å². The molecule has 0 saturated carbocycles. The summed E-state index contributed by atoms with van der Waals surface area (Å²) in [5.74, 6) is 0.232. The zero-order valence-corrected chi connectivity index (χ0v) is 13.8. The number of imide groups is 1. The van der Waals surface area contributed by atoms with Crippen molar-refractivity contribution in [3.05, 3.63) is 16.3 Å². The van der Waals surface area contributed by atoms with Crippen molar-refractivity contribution in [1.29, 1.82) is 0 Å². The van der Waals surface area contributed by atoms with E-state index in [1.165, 1.54) is 16.6 Å². The third kappa shape index (κ3) is 3.33. The molecule has 0 bridgehead atoms. The number of hydrogen-bond donors (Lipinski definition) is 2. The van der Waals surface area contributed by atoms with Crippen LogP contribution in [0.1, 0.15) is 23.2 Å². The number of aryl methyl sites for hydroxylation is 3.